The summed E-state index contributed by atoms with van der Waals surface area (Å²) in [7, 11) is -8.21. The molecular formula is C10H12ClN4O9P2+. The molecule has 1 aliphatic heterocycles. The van der Waals surface area contributed by atoms with Crippen LogP contribution in [-0.4, -0.2) is 64.4 Å². The number of nitrogens with zero attached hydrogens (tertiary/aromatic N) is 4. The zero-order chi connectivity index (χ0) is 19.1. The summed E-state index contributed by atoms with van der Waals surface area (Å²) in [6.45, 7) is -0.700. The van der Waals surface area contributed by atoms with E-state index in [2.05, 4.69) is 23.8 Å². The second-order valence-electron chi connectivity index (χ2n) is 5.12. The first kappa shape index (κ1) is 19.6. The van der Waals surface area contributed by atoms with Gasteiger partial charge in [0.1, 0.15) is 30.2 Å². The van der Waals surface area contributed by atoms with Gasteiger partial charge in [-0.05, 0) is 4.31 Å². The first-order valence-corrected chi connectivity index (χ1v) is 9.88. The number of aliphatic hydroxyl groups is 2. The third-order valence-electron chi connectivity index (χ3n) is 3.50. The molecule has 13 nitrogen and oxygen atoms in total. The maximum absolute atomic E-state index is 11.4. The molecule has 26 heavy (non-hydrogen) atoms. The number of rotatable bonds is 6. The predicted octanol–water partition coefficient (Wildman–Crippen LogP) is -0.118. The summed E-state index contributed by atoms with van der Waals surface area (Å²) in [5.41, 5.74) is 0.482. The Hall–Kier alpha value is -1.11. The van der Waals surface area contributed by atoms with Crippen molar-refractivity contribution in [2.75, 3.05) is 6.61 Å². The average Bonchev–Trinajstić information content (AvgIpc) is 3.08. The van der Waals surface area contributed by atoms with Crippen LogP contribution in [0, 0.1) is 0 Å². The molecule has 0 aliphatic carbocycles. The van der Waals surface area contributed by atoms with E-state index in [4.69, 9.17) is 21.2 Å². The summed E-state index contributed by atoms with van der Waals surface area (Å²) in [5.74, 6) is 0. The fourth-order valence-corrected chi connectivity index (χ4v) is 3.79. The normalized spacial score (nSPS) is 29.0. The zero-order valence-corrected chi connectivity index (χ0v) is 15.1. The summed E-state index contributed by atoms with van der Waals surface area (Å²) in [4.78, 5) is 29.5. The molecule has 2 aromatic rings. The highest BCUT2D eigenvalue weighted by Gasteiger charge is 2.46. The van der Waals surface area contributed by atoms with Gasteiger partial charge in [0.2, 0.25) is 0 Å². The van der Waals surface area contributed by atoms with Crippen molar-refractivity contribution in [1.82, 2.24) is 19.5 Å². The van der Waals surface area contributed by atoms with Crippen LogP contribution in [0.3, 0.4) is 0 Å². The first-order chi connectivity index (χ1) is 12.2. The van der Waals surface area contributed by atoms with Crippen molar-refractivity contribution in [3.05, 3.63) is 17.8 Å². The van der Waals surface area contributed by atoms with E-state index in [0.717, 1.165) is 0 Å². The van der Waals surface area contributed by atoms with Crippen molar-refractivity contribution in [3.63, 3.8) is 0 Å². The Morgan fingerprint density at radius 3 is 2.77 bits per heavy atom. The van der Waals surface area contributed by atoms with Crippen LogP contribution < -0.4 is 0 Å². The van der Waals surface area contributed by atoms with Gasteiger partial charge in [0.05, 0.1) is 12.9 Å². The number of hydrogen-bond donors (Lipinski definition) is 4. The number of aromatic nitrogens is 4. The quantitative estimate of drug-likeness (QED) is 0.353. The molecule has 4 N–H and O–H groups in total. The molecule has 2 aromatic heterocycles. The van der Waals surface area contributed by atoms with Gasteiger partial charge in [-0.2, -0.15) is 0 Å². The van der Waals surface area contributed by atoms with Crippen molar-refractivity contribution in [3.8, 4) is 0 Å². The fraction of sp³-hybridized carbons (Fsp3) is 0.500. The number of phosphoric acid groups is 1. The highest BCUT2D eigenvalue weighted by atomic mass is 35.5. The van der Waals surface area contributed by atoms with Crippen LogP contribution in [0.2, 0.25) is 5.15 Å². The molecule has 0 amide bonds. The monoisotopic (exact) mass is 429 g/mol. The molecular weight excluding hydrogens is 418 g/mol. The molecule has 0 aromatic carbocycles. The van der Waals surface area contributed by atoms with Crippen LogP contribution in [0.25, 0.3) is 11.2 Å². The minimum absolute atomic E-state index is 0.0816. The summed E-state index contributed by atoms with van der Waals surface area (Å²) in [6, 6.07) is 0. The van der Waals surface area contributed by atoms with E-state index >= 15 is 0 Å². The number of phosphoric ester groups is 1. The average molecular weight is 430 g/mol. The van der Waals surface area contributed by atoms with E-state index < -0.39 is 47.2 Å². The van der Waals surface area contributed by atoms with Crippen molar-refractivity contribution in [2.24, 2.45) is 0 Å². The Morgan fingerprint density at radius 2 is 2.08 bits per heavy atom. The number of aliphatic hydroxyl groups excluding tert-OH is 2. The Morgan fingerprint density at radius 1 is 1.35 bits per heavy atom. The van der Waals surface area contributed by atoms with Crippen LogP contribution in [0.1, 0.15) is 6.23 Å². The molecule has 3 rings (SSSR count). The van der Waals surface area contributed by atoms with E-state index in [0.29, 0.717) is 0 Å². The van der Waals surface area contributed by atoms with E-state index in [1.807, 2.05) is 0 Å². The van der Waals surface area contributed by atoms with Gasteiger partial charge in [0.25, 0.3) is 0 Å². The lowest BCUT2D eigenvalue weighted by Gasteiger charge is -2.16. The molecule has 6 atom stereocenters. The largest absolute Gasteiger partial charge is 0.705 e. The molecule has 0 bridgehead atoms. The van der Waals surface area contributed by atoms with Gasteiger partial charge in [0, 0.05) is 4.57 Å². The molecule has 16 heteroatoms. The number of hydrogen-bond acceptors (Lipinski definition) is 10. The number of imidazole rings is 1. The summed E-state index contributed by atoms with van der Waals surface area (Å²) < 4.78 is 36.9. The van der Waals surface area contributed by atoms with Crippen LogP contribution in [0.15, 0.2) is 12.7 Å². The van der Waals surface area contributed by atoms with E-state index in [9.17, 15) is 24.2 Å². The lowest BCUT2D eigenvalue weighted by atomic mass is 10.1. The topological polar surface area (TPSA) is 186 Å². The van der Waals surface area contributed by atoms with Gasteiger partial charge in [-0.25, -0.2) is 19.5 Å². The van der Waals surface area contributed by atoms with Gasteiger partial charge in [-0.3, -0.25) is 14.0 Å². The van der Waals surface area contributed by atoms with Gasteiger partial charge in [0.15, 0.2) is 17.0 Å². The SMILES string of the molecule is O=[P+](O)OP(=O)(O)OC[C@H]1O[C@@H](n2cnc3c(Cl)ncnc32)[C@H](O)[C@@H]1O. The summed E-state index contributed by atoms with van der Waals surface area (Å²) >= 11 is 5.90. The van der Waals surface area contributed by atoms with Crippen molar-refractivity contribution in [1.29, 1.82) is 0 Å². The second kappa shape index (κ2) is 7.49. The first-order valence-electron chi connectivity index (χ1n) is 6.87. The molecule has 0 spiro atoms. The highest BCUT2D eigenvalue weighted by Crippen LogP contribution is 2.51. The number of halogens is 1. The Labute approximate surface area is 150 Å². The molecule has 1 fully saturated rings. The summed E-state index contributed by atoms with van der Waals surface area (Å²) in [6.07, 6.45) is -2.91. The van der Waals surface area contributed by atoms with E-state index in [-0.39, 0.29) is 16.3 Å². The smallest absolute Gasteiger partial charge is 0.387 e. The molecule has 0 saturated carbocycles. The highest BCUT2D eigenvalue weighted by molar-refractivity contribution is 7.55. The van der Waals surface area contributed by atoms with Crippen LogP contribution in [0.5, 0.6) is 0 Å². The lowest BCUT2D eigenvalue weighted by Crippen LogP contribution is -2.33. The maximum atomic E-state index is 11.4. The van der Waals surface area contributed by atoms with Crippen molar-refractivity contribution in [2.45, 2.75) is 24.5 Å². The van der Waals surface area contributed by atoms with Crippen LogP contribution in [0.4, 0.5) is 0 Å². The van der Waals surface area contributed by atoms with E-state index in [1.165, 1.54) is 17.2 Å². The molecule has 2 unspecified atom stereocenters. The van der Waals surface area contributed by atoms with E-state index in [1.54, 1.807) is 0 Å². The lowest BCUT2D eigenvalue weighted by molar-refractivity contribution is -0.0501. The minimum atomic E-state index is -4.84. The van der Waals surface area contributed by atoms with Crippen LogP contribution in [-0.2, 0) is 22.7 Å². The van der Waals surface area contributed by atoms with Gasteiger partial charge in [-0.1, -0.05) is 11.6 Å². The maximum Gasteiger partial charge on any atom is 0.705 e. The third-order valence-corrected chi connectivity index (χ3v) is 5.64. The fourth-order valence-electron chi connectivity index (χ4n) is 2.39. The number of ether oxygens (including phenoxy) is 1. The molecule has 3 heterocycles. The van der Waals surface area contributed by atoms with Crippen molar-refractivity contribution >= 4 is 38.8 Å². The van der Waals surface area contributed by atoms with Crippen LogP contribution >= 0.6 is 27.7 Å². The minimum Gasteiger partial charge on any atom is -0.387 e. The summed E-state index contributed by atoms with van der Waals surface area (Å²) in [5, 5.41) is 20.3. The Bertz CT molecular complexity index is 881. The van der Waals surface area contributed by atoms with Gasteiger partial charge >= 0.3 is 16.1 Å². The Kier molecular flexibility index (Phi) is 5.66. The molecule has 1 saturated heterocycles. The van der Waals surface area contributed by atoms with Gasteiger partial charge in [-0.15, -0.1) is 4.89 Å². The molecule has 1 aliphatic rings. The molecule has 0 radical (unpaired) electrons. The standard InChI is InChI=1S/C10H11ClN4O9P2/c11-8-5-9(13-2-12-8)15(3-14-5)10-7(17)6(16)4(23-10)1-22-26(20,21)24-25(18)19/h2-4,6-7,10,16-17H,1H2,(H-,18,19,20,21)/p+1/t4-,6-,7-,10-/m1/s1. The predicted molar refractivity (Wildman–Crippen MR) is 82.9 cm³/mol. The molecule has 142 valence electrons. The second-order valence-corrected chi connectivity index (χ2v) is 7.80. The third kappa shape index (κ3) is 3.92. The Balaban J connectivity index is 1.76. The zero-order valence-electron chi connectivity index (χ0n) is 12.6. The number of fused-ring (bicyclic) bond motifs is 1. The van der Waals surface area contributed by atoms with Crippen molar-refractivity contribution < 1.29 is 42.7 Å². The van der Waals surface area contributed by atoms with Gasteiger partial charge < -0.3 is 14.9 Å².